The number of carbonyl (C=O) groups excluding carboxylic acids is 3. The Morgan fingerprint density at radius 2 is 0.500 bits per heavy atom. The molecule has 0 amide bonds. The lowest BCUT2D eigenvalue weighted by molar-refractivity contribution is -0.167. The first kappa shape index (κ1) is 74.8. The molecule has 0 aromatic rings. The van der Waals surface area contributed by atoms with Gasteiger partial charge in [-0.1, -0.05) is 312 Å². The summed E-state index contributed by atoms with van der Waals surface area (Å²) in [4.78, 5) is 38.4. The molecule has 78 heavy (non-hydrogen) atoms. The number of hydrogen-bond donors (Lipinski definition) is 0. The van der Waals surface area contributed by atoms with Crippen LogP contribution in [0.2, 0.25) is 0 Å². The smallest absolute Gasteiger partial charge is 0.306 e. The van der Waals surface area contributed by atoms with E-state index in [1.807, 2.05) is 0 Å². The summed E-state index contributed by atoms with van der Waals surface area (Å²) >= 11 is 0. The first-order chi connectivity index (χ1) is 38.5. The summed E-state index contributed by atoms with van der Waals surface area (Å²) in [5.74, 6) is -0.917. The highest BCUT2D eigenvalue weighted by atomic mass is 16.6. The van der Waals surface area contributed by atoms with E-state index >= 15 is 0 Å². The maximum absolute atomic E-state index is 12.9. The fourth-order valence-corrected chi connectivity index (χ4v) is 9.88. The van der Waals surface area contributed by atoms with E-state index in [1.165, 1.54) is 218 Å². The predicted molar refractivity (Wildman–Crippen MR) is 339 cm³/mol. The second-order valence-electron chi connectivity index (χ2n) is 22.7. The van der Waals surface area contributed by atoms with Gasteiger partial charge in [0.1, 0.15) is 13.2 Å². The van der Waals surface area contributed by atoms with Crippen LogP contribution in [-0.2, 0) is 28.6 Å². The standard InChI is InChI=1S/C72H128O6/c1-4-7-10-13-16-19-22-25-28-30-32-33-34-35-36-37-38-40-41-44-47-50-53-56-59-62-65-71(74)77-68-69(67-76-70(73)64-61-58-55-52-49-46-43-27-24-21-18-15-12-9-6-3)78-72(75)66-63-60-57-54-51-48-45-42-39-31-29-26-23-20-17-14-11-8-5-2/h9,12,17-18,20-21,26-27,29,43,49,52,69H,4-8,10-11,13-16,19,22-25,28,30-42,44-48,50-51,53-68H2,1-3H3/b12-9-,20-17-,21-18-,29-26-,43-27-,52-49-. The second-order valence-corrected chi connectivity index (χ2v) is 22.7. The highest BCUT2D eigenvalue weighted by molar-refractivity contribution is 5.71. The molecule has 0 spiro atoms. The van der Waals surface area contributed by atoms with Gasteiger partial charge in [-0.3, -0.25) is 14.4 Å². The Morgan fingerprint density at radius 1 is 0.269 bits per heavy atom. The minimum Gasteiger partial charge on any atom is -0.462 e. The summed E-state index contributed by atoms with van der Waals surface area (Å²) in [7, 11) is 0. The van der Waals surface area contributed by atoms with E-state index in [0.29, 0.717) is 19.3 Å². The van der Waals surface area contributed by atoms with Crippen LogP contribution < -0.4 is 0 Å². The Labute approximate surface area is 484 Å². The molecule has 6 heteroatoms. The Kier molecular flexibility index (Phi) is 63.7. The van der Waals surface area contributed by atoms with Gasteiger partial charge in [-0.15, -0.1) is 0 Å². The number of allylic oxidation sites excluding steroid dienone is 12. The number of ether oxygens (including phenoxy) is 3. The summed E-state index contributed by atoms with van der Waals surface area (Å²) in [5.41, 5.74) is 0. The lowest BCUT2D eigenvalue weighted by atomic mass is 10.0. The average Bonchev–Trinajstić information content (AvgIpc) is 3.44. The number of carbonyl (C=O) groups is 3. The fraction of sp³-hybridized carbons (Fsp3) is 0.792. The lowest BCUT2D eigenvalue weighted by Gasteiger charge is -2.18. The normalized spacial score (nSPS) is 12.5. The van der Waals surface area contributed by atoms with Gasteiger partial charge >= 0.3 is 17.9 Å². The van der Waals surface area contributed by atoms with Crippen molar-refractivity contribution in [2.45, 2.75) is 354 Å². The van der Waals surface area contributed by atoms with Crippen LogP contribution in [0.4, 0.5) is 0 Å². The Morgan fingerprint density at radius 3 is 0.833 bits per heavy atom. The Bertz CT molecular complexity index is 1440. The zero-order valence-corrected chi connectivity index (χ0v) is 51.9. The van der Waals surface area contributed by atoms with Gasteiger partial charge in [-0.25, -0.2) is 0 Å². The maximum atomic E-state index is 12.9. The Balaban J connectivity index is 4.30. The van der Waals surface area contributed by atoms with Gasteiger partial charge in [0.2, 0.25) is 0 Å². The molecule has 0 rings (SSSR count). The monoisotopic (exact) mass is 1090 g/mol. The maximum Gasteiger partial charge on any atom is 0.306 e. The fourth-order valence-electron chi connectivity index (χ4n) is 9.88. The van der Waals surface area contributed by atoms with Crippen LogP contribution in [-0.4, -0.2) is 37.2 Å². The molecule has 0 aliphatic heterocycles. The molecule has 0 saturated heterocycles. The molecule has 0 bridgehead atoms. The van der Waals surface area contributed by atoms with E-state index in [4.69, 9.17) is 14.2 Å². The molecule has 0 N–H and O–H groups in total. The molecule has 0 aromatic heterocycles. The second kappa shape index (κ2) is 66.4. The van der Waals surface area contributed by atoms with Crippen LogP contribution in [0.25, 0.3) is 0 Å². The largest absolute Gasteiger partial charge is 0.462 e. The first-order valence-corrected chi connectivity index (χ1v) is 33.9. The summed E-state index contributed by atoms with van der Waals surface area (Å²) in [6.07, 6.45) is 86.4. The molecule has 1 unspecified atom stereocenters. The highest BCUT2D eigenvalue weighted by Gasteiger charge is 2.19. The highest BCUT2D eigenvalue weighted by Crippen LogP contribution is 2.18. The van der Waals surface area contributed by atoms with Gasteiger partial charge in [-0.2, -0.15) is 0 Å². The van der Waals surface area contributed by atoms with Crippen LogP contribution in [0.5, 0.6) is 0 Å². The zero-order valence-electron chi connectivity index (χ0n) is 51.9. The third-order valence-electron chi connectivity index (χ3n) is 14.9. The molecule has 1 atom stereocenters. The van der Waals surface area contributed by atoms with Gasteiger partial charge in [0, 0.05) is 19.3 Å². The molecule has 0 aliphatic carbocycles. The van der Waals surface area contributed by atoms with E-state index in [2.05, 4.69) is 93.7 Å². The van der Waals surface area contributed by atoms with E-state index in [9.17, 15) is 14.4 Å². The van der Waals surface area contributed by atoms with E-state index in [0.717, 1.165) is 89.9 Å². The minimum absolute atomic E-state index is 0.0873. The van der Waals surface area contributed by atoms with Crippen molar-refractivity contribution < 1.29 is 28.6 Å². The van der Waals surface area contributed by atoms with E-state index in [-0.39, 0.29) is 31.1 Å². The molecule has 0 aliphatic rings. The van der Waals surface area contributed by atoms with Gasteiger partial charge in [-0.05, 0) is 89.9 Å². The van der Waals surface area contributed by atoms with Crippen LogP contribution in [0, 0.1) is 0 Å². The number of hydrogen-bond acceptors (Lipinski definition) is 6. The van der Waals surface area contributed by atoms with Crippen molar-refractivity contribution in [3.63, 3.8) is 0 Å². The summed E-state index contributed by atoms with van der Waals surface area (Å²) < 4.78 is 16.9. The zero-order chi connectivity index (χ0) is 56.4. The van der Waals surface area contributed by atoms with Gasteiger partial charge in [0.05, 0.1) is 0 Å². The van der Waals surface area contributed by atoms with Crippen LogP contribution in [0.15, 0.2) is 72.9 Å². The molecule has 0 fully saturated rings. The molecule has 0 aromatic carbocycles. The Hall–Kier alpha value is -3.15. The minimum atomic E-state index is -0.795. The van der Waals surface area contributed by atoms with Crippen molar-refractivity contribution >= 4 is 17.9 Å². The quantitative estimate of drug-likeness (QED) is 0.0261. The van der Waals surface area contributed by atoms with Crippen molar-refractivity contribution in [1.29, 1.82) is 0 Å². The molecular formula is C72H128O6. The third-order valence-corrected chi connectivity index (χ3v) is 14.9. The molecule has 0 heterocycles. The van der Waals surface area contributed by atoms with Gasteiger partial charge in [0.15, 0.2) is 6.10 Å². The summed E-state index contributed by atoms with van der Waals surface area (Å²) in [6, 6.07) is 0. The summed E-state index contributed by atoms with van der Waals surface area (Å²) in [5, 5.41) is 0. The topological polar surface area (TPSA) is 78.9 Å². The molecule has 6 nitrogen and oxygen atoms in total. The van der Waals surface area contributed by atoms with E-state index in [1.54, 1.807) is 0 Å². The third kappa shape index (κ3) is 63.7. The van der Waals surface area contributed by atoms with Crippen LogP contribution in [0.3, 0.4) is 0 Å². The van der Waals surface area contributed by atoms with Gasteiger partial charge in [0.25, 0.3) is 0 Å². The van der Waals surface area contributed by atoms with E-state index < -0.39 is 6.10 Å². The van der Waals surface area contributed by atoms with Crippen molar-refractivity contribution in [3.05, 3.63) is 72.9 Å². The lowest BCUT2D eigenvalue weighted by Crippen LogP contribution is -2.30. The number of esters is 3. The molecule has 0 saturated carbocycles. The van der Waals surface area contributed by atoms with Crippen molar-refractivity contribution in [2.24, 2.45) is 0 Å². The average molecular weight is 1090 g/mol. The van der Waals surface area contributed by atoms with Crippen molar-refractivity contribution in [3.8, 4) is 0 Å². The number of unbranched alkanes of at least 4 members (excludes halogenated alkanes) is 39. The van der Waals surface area contributed by atoms with Crippen molar-refractivity contribution in [2.75, 3.05) is 13.2 Å². The molecular weight excluding hydrogens is 961 g/mol. The molecule has 0 radical (unpaired) electrons. The first-order valence-electron chi connectivity index (χ1n) is 33.9. The summed E-state index contributed by atoms with van der Waals surface area (Å²) in [6.45, 7) is 6.51. The molecule has 452 valence electrons. The predicted octanol–water partition coefficient (Wildman–Crippen LogP) is 23.3. The number of rotatable bonds is 62. The van der Waals surface area contributed by atoms with Gasteiger partial charge < -0.3 is 14.2 Å². The SMILES string of the molecule is CC/C=C\C/C=C\C/C=C\C/C=C\CCCCC(=O)OCC(COC(=O)CCCCCCCCCCCCCCCCCCCCCCCCCCCC)OC(=O)CCCCCCCCCCC/C=C\C/C=C\CCCCC. The van der Waals surface area contributed by atoms with Crippen LogP contribution in [0.1, 0.15) is 348 Å². The van der Waals surface area contributed by atoms with Crippen molar-refractivity contribution in [1.82, 2.24) is 0 Å². The van der Waals surface area contributed by atoms with Crippen LogP contribution >= 0.6 is 0 Å².